The van der Waals surface area contributed by atoms with E-state index >= 15 is 0 Å². The molecule has 0 atom stereocenters. The molecule has 0 radical (unpaired) electrons. The van der Waals surface area contributed by atoms with E-state index in [0.29, 0.717) is 6.61 Å². The van der Waals surface area contributed by atoms with Gasteiger partial charge in [0.1, 0.15) is 18.1 Å². The summed E-state index contributed by atoms with van der Waals surface area (Å²) >= 11 is 3.45. The number of aromatic nitrogens is 1. The van der Waals surface area contributed by atoms with Gasteiger partial charge in [-0.1, -0.05) is 28.1 Å². The lowest BCUT2D eigenvalue weighted by molar-refractivity contribution is 0.309. The summed E-state index contributed by atoms with van der Waals surface area (Å²) < 4.78 is 12.1. The Morgan fingerprint density at radius 2 is 1.86 bits per heavy atom. The molecule has 1 aromatic heterocycles. The number of halogens is 1. The zero-order valence-electron chi connectivity index (χ0n) is 11.5. The van der Waals surface area contributed by atoms with Crippen molar-refractivity contribution in [1.82, 2.24) is 4.98 Å². The molecular weight excluding hydrogens is 330 g/mol. The first-order chi connectivity index (χ1) is 10.3. The maximum absolute atomic E-state index is 5.92. The van der Waals surface area contributed by atoms with Crippen LogP contribution in [0.3, 0.4) is 0 Å². The largest absolute Gasteiger partial charge is 0.497 e. The Bertz CT molecular complexity index is 756. The first-order valence-electron chi connectivity index (χ1n) is 6.56. The minimum Gasteiger partial charge on any atom is -0.497 e. The van der Waals surface area contributed by atoms with Gasteiger partial charge in [0.25, 0.3) is 0 Å². The van der Waals surface area contributed by atoms with E-state index in [-0.39, 0.29) is 0 Å². The van der Waals surface area contributed by atoms with Crippen LogP contribution in [-0.2, 0) is 6.61 Å². The summed E-state index contributed by atoms with van der Waals surface area (Å²) in [6.45, 7) is 0.513. The Labute approximate surface area is 131 Å². The molecule has 21 heavy (non-hydrogen) atoms. The lowest BCUT2D eigenvalue weighted by Gasteiger charge is -2.09. The van der Waals surface area contributed by atoms with Gasteiger partial charge >= 0.3 is 0 Å². The highest BCUT2D eigenvalue weighted by molar-refractivity contribution is 9.10. The van der Waals surface area contributed by atoms with Gasteiger partial charge < -0.3 is 9.47 Å². The molecule has 0 bridgehead atoms. The number of ether oxygens (including phenoxy) is 2. The smallest absolute Gasteiger partial charge is 0.130 e. The predicted octanol–water partition coefficient (Wildman–Crippen LogP) is 4.58. The predicted molar refractivity (Wildman–Crippen MR) is 86.8 cm³/mol. The second-order valence-corrected chi connectivity index (χ2v) is 5.52. The summed E-state index contributed by atoms with van der Waals surface area (Å²) in [5, 5.41) is 1.01. The van der Waals surface area contributed by atoms with Gasteiger partial charge in [0.15, 0.2) is 0 Å². The molecule has 0 amide bonds. The Balaban J connectivity index is 1.81. The minimum atomic E-state index is 0.513. The number of fused-ring (bicyclic) bond motifs is 1. The maximum atomic E-state index is 5.92. The number of rotatable bonds is 4. The summed E-state index contributed by atoms with van der Waals surface area (Å²) in [6, 6.07) is 15.7. The number of hydrogen-bond donors (Lipinski definition) is 0. The van der Waals surface area contributed by atoms with Crippen molar-refractivity contribution in [2.75, 3.05) is 7.11 Å². The van der Waals surface area contributed by atoms with Crippen LogP contribution < -0.4 is 9.47 Å². The van der Waals surface area contributed by atoms with Crippen LogP contribution in [0.25, 0.3) is 10.9 Å². The third-order valence-electron chi connectivity index (χ3n) is 3.22. The quantitative estimate of drug-likeness (QED) is 0.694. The zero-order chi connectivity index (χ0) is 14.7. The standard InChI is InChI=1S/C17H14BrNO2/c1-20-14-5-2-12(3-6-14)11-21-17-8-9-19-16-10-13(18)4-7-15(16)17/h2-10H,11H2,1H3. The van der Waals surface area contributed by atoms with E-state index in [4.69, 9.17) is 9.47 Å². The molecule has 0 spiro atoms. The molecule has 4 heteroatoms. The summed E-state index contributed by atoms with van der Waals surface area (Å²) in [7, 11) is 1.66. The van der Waals surface area contributed by atoms with Crippen molar-refractivity contribution in [3.8, 4) is 11.5 Å². The summed E-state index contributed by atoms with van der Waals surface area (Å²) in [6.07, 6.45) is 1.76. The molecule has 3 nitrogen and oxygen atoms in total. The van der Waals surface area contributed by atoms with Gasteiger partial charge in [0.05, 0.1) is 12.6 Å². The molecule has 0 aliphatic heterocycles. The fraction of sp³-hybridized carbons (Fsp3) is 0.118. The average molecular weight is 344 g/mol. The van der Waals surface area contributed by atoms with Crippen molar-refractivity contribution >= 4 is 26.8 Å². The SMILES string of the molecule is COc1ccc(COc2ccnc3cc(Br)ccc23)cc1. The van der Waals surface area contributed by atoms with Crippen molar-refractivity contribution in [3.63, 3.8) is 0 Å². The topological polar surface area (TPSA) is 31.4 Å². The van der Waals surface area contributed by atoms with Crippen LogP contribution in [0.15, 0.2) is 59.2 Å². The van der Waals surface area contributed by atoms with Gasteiger partial charge in [-0.25, -0.2) is 0 Å². The highest BCUT2D eigenvalue weighted by atomic mass is 79.9. The van der Waals surface area contributed by atoms with Crippen LogP contribution in [0.5, 0.6) is 11.5 Å². The van der Waals surface area contributed by atoms with Crippen LogP contribution in [0.4, 0.5) is 0 Å². The molecular formula is C17H14BrNO2. The molecule has 0 aliphatic carbocycles. The number of methoxy groups -OCH3 is 1. The first-order valence-corrected chi connectivity index (χ1v) is 7.35. The lowest BCUT2D eigenvalue weighted by Crippen LogP contribution is -1.96. The van der Waals surface area contributed by atoms with Crippen molar-refractivity contribution in [3.05, 3.63) is 64.8 Å². The fourth-order valence-electron chi connectivity index (χ4n) is 2.10. The van der Waals surface area contributed by atoms with Gasteiger partial charge in [-0.15, -0.1) is 0 Å². The highest BCUT2D eigenvalue weighted by Crippen LogP contribution is 2.27. The van der Waals surface area contributed by atoms with Gasteiger partial charge in [-0.3, -0.25) is 4.98 Å². The van der Waals surface area contributed by atoms with Crippen LogP contribution >= 0.6 is 15.9 Å². The Morgan fingerprint density at radius 3 is 2.62 bits per heavy atom. The van der Waals surface area contributed by atoms with Crippen molar-refractivity contribution < 1.29 is 9.47 Å². The minimum absolute atomic E-state index is 0.513. The van der Waals surface area contributed by atoms with E-state index in [9.17, 15) is 0 Å². The third-order valence-corrected chi connectivity index (χ3v) is 3.71. The molecule has 0 aliphatic rings. The van der Waals surface area contributed by atoms with Crippen molar-refractivity contribution in [2.45, 2.75) is 6.61 Å². The van der Waals surface area contributed by atoms with Crippen LogP contribution in [0.1, 0.15) is 5.56 Å². The normalized spacial score (nSPS) is 10.6. The highest BCUT2D eigenvalue weighted by Gasteiger charge is 2.04. The van der Waals surface area contributed by atoms with Crippen molar-refractivity contribution in [2.24, 2.45) is 0 Å². The monoisotopic (exact) mass is 343 g/mol. The zero-order valence-corrected chi connectivity index (χ0v) is 13.1. The summed E-state index contributed by atoms with van der Waals surface area (Å²) in [5.41, 5.74) is 2.01. The average Bonchev–Trinajstić information content (AvgIpc) is 2.53. The van der Waals surface area contributed by atoms with E-state index in [1.807, 2.05) is 48.5 Å². The molecule has 0 fully saturated rings. The lowest BCUT2D eigenvalue weighted by atomic mass is 10.2. The van der Waals surface area contributed by atoms with E-state index in [2.05, 4.69) is 20.9 Å². The molecule has 106 valence electrons. The second-order valence-electron chi connectivity index (χ2n) is 4.61. The van der Waals surface area contributed by atoms with Crippen molar-refractivity contribution in [1.29, 1.82) is 0 Å². The van der Waals surface area contributed by atoms with Gasteiger partial charge in [-0.2, -0.15) is 0 Å². The summed E-state index contributed by atoms with van der Waals surface area (Å²) in [5.74, 6) is 1.68. The second kappa shape index (κ2) is 6.14. The number of nitrogens with zero attached hydrogens (tertiary/aromatic N) is 1. The summed E-state index contributed by atoms with van der Waals surface area (Å²) in [4.78, 5) is 4.35. The number of benzene rings is 2. The van der Waals surface area contributed by atoms with Gasteiger partial charge in [0.2, 0.25) is 0 Å². The molecule has 0 saturated heterocycles. The van der Waals surface area contributed by atoms with E-state index in [1.165, 1.54) is 0 Å². The molecule has 0 saturated carbocycles. The van der Waals surface area contributed by atoms with Gasteiger partial charge in [0, 0.05) is 16.1 Å². The number of pyridine rings is 1. The Morgan fingerprint density at radius 1 is 1.05 bits per heavy atom. The van der Waals surface area contributed by atoms with Gasteiger partial charge in [-0.05, 0) is 42.0 Å². The molecule has 1 heterocycles. The molecule has 2 aromatic carbocycles. The van der Waals surface area contributed by atoms with Crippen LogP contribution in [-0.4, -0.2) is 12.1 Å². The fourth-order valence-corrected chi connectivity index (χ4v) is 2.45. The Kier molecular flexibility index (Phi) is 4.06. The maximum Gasteiger partial charge on any atom is 0.130 e. The molecule has 0 N–H and O–H groups in total. The van der Waals surface area contributed by atoms with E-state index < -0.39 is 0 Å². The molecule has 0 unspecified atom stereocenters. The van der Waals surface area contributed by atoms with Crippen LogP contribution in [0.2, 0.25) is 0 Å². The Hall–Kier alpha value is -2.07. The number of hydrogen-bond acceptors (Lipinski definition) is 3. The van der Waals surface area contributed by atoms with E-state index in [0.717, 1.165) is 32.4 Å². The van der Waals surface area contributed by atoms with E-state index in [1.54, 1.807) is 13.3 Å². The third kappa shape index (κ3) is 3.16. The molecule has 3 aromatic rings. The first kappa shape index (κ1) is 13.9. The molecule has 3 rings (SSSR count). The van der Waals surface area contributed by atoms with Crippen LogP contribution in [0, 0.1) is 0 Å².